The van der Waals surface area contributed by atoms with Gasteiger partial charge in [0.05, 0.1) is 25.9 Å². The zero-order valence-corrected chi connectivity index (χ0v) is 12.0. The molecular formula is C14H20O6. The zero-order valence-electron chi connectivity index (χ0n) is 12.0. The van der Waals surface area contributed by atoms with Crippen molar-refractivity contribution in [2.24, 2.45) is 0 Å². The first kappa shape index (κ1) is 16.3. The molecule has 0 saturated carbocycles. The maximum atomic E-state index is 11.0. The Morgan fingerprint density at radius 2 is 1.40 bits per heavy atom. The minimum Gasteiger partial charge on any atom is -0.496 e. The van der Waals surface area contributed by atoms with Crippen LogP contribution in [0.4, 0.5) is 0 Å². The van der Waals surface area contributed by atoms with E-state index < -0.39 is 0 Å². The number of methoxy groups -OCH3 is 3. The number of carbonyl (C=O) groups excluding carboxylic acids is 1. The van der Waals surface area contributed by atoms with Gasteiger partial charge in [-0.15, -0.1) is 0 Å². The van der Waals surface area contributed by atoms with Crippen LogP contribution >= 0.6 is 0 Å². The molecule has 0 aliphatic rings. The van der Waals surface area contributed by atoms with Crippen molar-refractivity contribution < 1.29 is 28.5 Å². The number of aldehydes is 1. The molecular weight excluding hydrogens is 264 g/mol. The van der Waals surface area contributed by atoms with E-state index in [0.29, 0.717) is 55.5 Å². The Balaban J connectivity index is 2.92. The van der Waals surface area contributed by atoms with E-state index in [9.17, 15) is 4.79 Å². The predicted octanol–water partition coefficient (Wildman–Crippen LogP) is 1.56. The number of rotatable bonds is 10. The topological polar surface area (TPSA) is 63.2 Å². The van der Waals surface area contributed by atoms with Crippen molar-refractivity contribution in [2.75, 3.05) is 47.8 Å². The van der Waals surface area contributed by atoms with E-state index in [2.05, 4.69) is 0 Å². The minimum atomic E-state index is 0.363. The van der Waals surface area contributed by atoms with Crippen molar-refractivity contribution in [1.82, 2.24) is 0 Å². The number of ether oxygens (including phenoxy) is 5. The lowest BCUT2D eigenvalue weighted by atomic mass is 10.2. The van der Waals surface area contributed by atoms with E-state index in [1.165, 1.54) is 7.11 Å². The lowest BCUT2D eigenvalue weighted by molar-refractivity contribution is 0.111. The van der Waals surface area contributed by atoms with Gasteiger partial charge in [-0.3, -0.25) is 4.79 Å². The van der Waals surface area contributed by atoms with Crippen LogP contribution in [0.1, 0.15) is 10.4 Å². The summed E-state index contributed by atoms with van der Waals surface area (Å²) in [6.07, 6.45) is 0.709. The molecule has 0 aromatic heterocycles. The summed E-state index contributed by atoms with van der Waals surface area (Å²) in [5.41, 5.74) is 0.402. The smallest absolute Gasteiger partial charge is 0.165 e. The Kier molecular flexibility index (Phi) is 7.46. The fourth-order valence-corrected chi connectivity index (χ4v) is 1.52. The molecule has 0 atom stereocenters. The van der Waals surface area contributed by atoms with Gasteiger partial charge in [0, 0.05) is 20.3 Å². The largest absolute Gasteiger partial charge is 0.496 e. The van der Waals surface area contributed by atoms with E-state index >= 15 is 0 Å². The van der Waals surface area contributed by atoms with Crippen LogP contribution in [0.3, 0.4) is 0 Å². The van der Waals surface area contributed by atoms with Crippen molar-refractivity contribution >= 4 is 6.29 Å². The van der Waals surface area contributed by atoms with Gasteiger partial charge in [-0.2, -0.15) is 0 Å². The number of carbonyl (C=O) groups is 1. The van der Waals surface area contributed by atoms with Crippen LogP contribution in [-0.2, 0) is 9.47 Å². The molecule has 0 bridgehead atoms. The first-order valence-corrected chi connectivity index (χ1v) is 6.17. The molecule has 0 aliphatic heterocycles. The summed E-state index contributed by atoms with van der Waals surface area (Å²) in [6, 6.07) is 3.21. The second-order valence-electron chi connectivity index (χ2n) is 3.84. The Hall–Kier alpha value is -1.79. The fourth-order valence-electron chi connectivity index (χ4n) is 1.52. The van der Waals surface area contributed by atoms with Gasteiger partial charge in [-0.25, -0.2) is 0 Å². The van der Waals surface area contributed by atoms with Gasteiger partial charge < -0.3 is 23.7 Å². The van der Waals surface area contributed by atoms with Crippen molar-refractivity contribution in [1.29, 1.82) is 0 Å². The molecule has 0 N–H and O–H groups in total. The number of hydrogen-bond acceptors (Lipinski definition) is 6. The third-order valence-corrected chi connectivity index (χ3v) is 2.51. The third kappa shape index (κ3) is 4.71. The van der Waals surface area contributed by atoms with Crippen molar-refractivity contribution in [2.45, 2.75) is 0 Å². The highest BCUT2D eigenvalue weighted by molar-refractivity contribution is 5.81. The highest BCUT2D eigenvalue weighted by Crippen LogP contribution is 2.34. The summed E-state index contributed by atoms with van der Waals surface area (Å²) in [5.74, 6) is 1.41. The summed E-state index contributed by atoms with van der Waals surface area (Å²) < 4.78 is 26.1. The van der Waals surface area contributed by atoms with Crippen LogP contribution < -0.4 is 14.2 Å². The summed E-state index contributed by atoms with van der Waals surface area (Å²) in [7, 11) is 4.67. The molecule has 0 amide bonds. The van der Waals surface area contributed by atoms with Crippen molar-refractivity contribution in [3.05, 3.63) is 17.7 Å². The van der Waals surface area contributed by atoms with Crippen LogP contribution in [0.5, 0.6) is 17.2 Å². The standard InChI is InChI=1S/C14H20O6/c1-16-4-6-19-13-8-11(10-15)12(18-3)9-14(13)20-7-5-17-2/h8-10H,4-7H2,1-3H3. The molecule has 6 nitrogen and oxygen atoms in total. The molecule has 0 saturated heterocycles. The van der Waals surface area contributed by atoms with Crippen molar-refractivity contribution in [3.8, 4) is 17.2 Å². The molecule has 0 radical (unpaired) electrons. The van der Waals surface area contributed by atoms with E-state index in [4.69, 9.17) is 23.7 Å². The van der Waals surface area contributed by atoms with Gasteiger partial charge in [0.1, 0.15) is 19.0 Å². The maximum Gasteiger partial charge on any atom is 0.165 e. The predicted molar refractivity (Wildman–Crippen MR) is 73.1 cm³/mol. The van der Waals surface area contributed by atoms with Crippen LogP contribution in [0, 0.1) is 0 Å². The van der Waals surface area contributed by atoms with E-state index in [1.54, 1.807) is 26.4 Å². The van der Waals surface area contributed by atoms with Crippen LogP contribution in [0.2, 0.25) is 0 Å². The number of hydrogen-bond donors (Lipinski definition) is 0. The molecule has 0 heterocycles. The third-order valence-electron chi connectivity index (χ3n) is 2.51. The molecule has 0 unspecified atom stereocenters. The molecule has 0 aliphatic carbocycles. The van der Waals surface area contributed by atoms with Gasteiger partial charge >= 0.3 is 0 Å². The summed E-state index contributed by atoms with van der Waals surface area (Å²) in [4.78, 5) is 11.0. The first-order valence-electron chi connectivity index (χ1n) is 6.17. The van der Waals surface area contributed by atoms with E-state index in [1.807, 2.05) is 0 Å². The Bertz CT molecular complexity index is 418. The molecule has 20 heavy (non-hydrogen) atoms. The van der Waals surface area contributed by atoms with Gasteiger partial charge in [-0.1, -0.05) is 0 Å². The first-order chi connectivity index (χ1) is 9.76. The number of benzene rings is 1. The molecule has 6 heteroatoms. The van der Waals surface area contributed by atoms with Gasteiger partial charge in [0.2, 0.25) is 0 Å². The van der Waals surface area contributed by atoms with Gasteiger partial charge in [0.25, 0.3) is 0 Å². The second-order valence-corrected chi connectivity index (χ2v) is 3.84. The highest BCUT2D eigenvalue weighted by Gasteiger charge is 2.12. The summed E-state index contributed by atoms with van der Waals surface area (Å²) in [5, 5.41) is 0. The highest BCUT2D eigenvalue weighted by atomic mass is 16.5. The fraction of sp³-hybridized carbons (Fsp3) is 0.500. The molecule has 1 rings (SSSR count). The minimum absolute atomic E-state index is 0.363. The SMILES string of the molecule is COCCOc1cc(C=O)c(OC)cc1OCCOC. The lowest BCUT2D eigenvalue weighted by Crippen LogP contribution is -2.09. The molecule has 0 spiro atoms. The van der Waals surface area contributed by atoms with Gasteiger partial charge in [-0.05, 0) is 6.07 Å². The van der Waals surface area contributed by atoms with Crippen LogP contribution in [-0.4, -0.2) is 54.0 Å². The van der Waals surface area contributed by atoms with Crippen LogP contribution in [0.25, 0.3) is 0 Å². The Morgan fingerprint density at radius 3 is 1.85 bits per heavy atom. The zero-order chi connectivity index (χ0) is 14.8. The molecule has 0 fully saturated rings. The molecule has 112 valence electrons. The average molecular weight is 284 g/mol. The quantitative estimate of drug-likeness (QED) is 0.480. The summed E-state index contributed by atoms with van der Waals surface area (Å²) in [6.45, 7) is 1.64. The van der Waals surface area contributed by atoms with E-state index in [-0.39, 0.29) is 0 Å². The van der Waals surface area contributed by atoms with Gasteiger partial charge in [0.15, 0.2) is 17.8 Å². The second kappa shape index (κ2) is 9.17. The molecule has 1 aromatic rings. The monoisotopic (exact) mass is 284 g/mol. The Labute approximate surface area is 118 Å². The summed E-state index contributed by atoms with van der Waals surface area (Å²) >= 11 is 0. The van der Waals surface area contributed by atoms with Crippen molar-refractivity contribution in [3.63, 3.8) is 0 Å². The lowest BCUT2D eigenvalue weighted by Gasteiger charge is -2.15. The average Bonchev–Trinajstić information content (AvgIpc) is 2.48. The maximum absolute atomic E-state index is 11.0. The van der Waals surface area contributed by atoms with E-state index in [0.717, 1.165) is 0 Å². The normalized spacial score (nSPS) is 10.2. The Morgan fingerprint density at radius 1 is 0.850 bits per heavy atom. The molecule has 1 aromatic carbocycles. The van der Waals surface area contributed by atoms with Crippen LogP contribution in [0.15, 0.2) is 12.1 Å².